The van der Waals surface area contributed by atoms with Crippen LogP contribution in [0.5, 0.6) is 40.2 Å². The van der Waals surface area contributed by atoms with Gasteiger partial charge in [-0.25, -0.2) is 72.5 Å². The van der Waals surface area contributed by atoms with E-state index in [4.69, 9.17) is 138 Å². The number of hydrogen-bond acceptors (Lipinski definition) is 28. The maximum absolute atomic E-state index is 13.9. The molecule has 0 atom stereocenters. The van der Waals surface area contributed by atoms with Gasteiger partial charge in [0, 0.05) is 78.1 Å². The number of hydrogen-bond donors (Lipinski definition) is 1. The molecule has 1 N–H and O–H groups in total. The lowest BCUT2D eigenvalue weighted by atomic mass is 9.78. The zero-order valence-corrected chi connectivity index (χ0v) is 81.7. The average Bonchev–Trinajstić information content (AvgIpc) is 1.56. The van der Waals surface area contributed by atoms with Crippen molar-refractivity contribution >= 4 is 192 Å². The van der Waals surface area contributed by atoms with Crippen LogP contribution >= 0.6 is 97.1 Å². The molecule has 135 heavy (non-hydrogen) atoms. The van der Waals surface area contributed by atoms with E-state index in [1.54, 1.807) is 138 Å². The fraction of sp³-hybridized carbons (Fsp3) is 0.167. The summed E-state index contributed by atoms with van der Waals surface area (Å²) in [6.07, 6.45) is 7.96. The first-order chi connectivity index (χ1) is 64.4. The Bertz CT molecular complexity index is 7330. The van der Waals surface area contributed by atoms with Crippen LogP contribution < -0.4 is 47.1 Å². The summed E-state index contributed by atoms with van der Waals surface area (Å²) < 4.78 is 173. The molecule has 16 aromatic rings. The summed E-state index contributed by atoms with van der Waals surface area (Å²) in [5, 5.41) is 23.4. The van der Waals surface area contributed by atoms with Crippen LogP contribution in [-0.2, 0) is 58.0 Å². The van der Waals surface area contributed by atoms with E-state index in [0.717, 1.165) is 22.7 Å². The molecule has 30 nitrogen and oxygen atoms in total. The van der Waals surface area contributed by atoms with Crippen molar-refractivity contribution in [3.63, 3.8) is 0 Å². The van der Waals surface area contributed by atoms with Gasteiger partial charge < -0.3 is 61.0 Å². The smallest absolute Gasteiger partial charge is 0.535 e. The fourth-order valence-corrected chi connectivity index (χ4v) is 19.0. The summed E-state index contributed by atoms with van der Waals surface area (Å²) >= 11 is 45.9. The molecule has 1 aliphatic rings. The molecule has 0 amide bonds. The van der Waals surface area contributed by atoms with Gasteiger partial charge in [-0.2, -0.15) is 0 Å². The van der Waals surface area contributed by atoms with Crippen LogP contribution in [-0.4, -0.2) is 144 Å². The van der Waals surface area contributed by atoms with Crippen LogP contribution in [0.1, 0.15) is 44.5 Å². The van der Waals surface area contributed by atoms with Crippen LogP contribution in [0.3, 0.4) is 0 Å². The molecule has 1 aliphatic heterocycles. The third-order valence-corrected chi connectivity index (χ3v) is 29.2. The van der Waals surface area contributed by atoms with Crippen molar-refractivity contribution in [3.05, 3.63) is 294 Å². The summed E-state index contributed by atoms with van der Waals surface area (Å²) in [6, 6.07) is 49.4. The second-order valence-corrected chi connectivity index (χ2v) is 39.1. The van der Waals surface area contributed by atoms with Crippen LogP contribution in [0.2, 0.25) is 35.3 Å². The Balaban J connectivity index is 0.000000149. The third-order valence-electron chi connectivity index (χ3n) is 20.9. The molecule has 6 aromatic heterocycles. The molecule has 17 rings (SSSR count). The first-order valence-corrected chi connectivity index (χ1v) is 47.5. The van der Waals surface area contributed by atoms with E-state index in [0.29, 0.717) is 133 Å². The van der Waals surface area contributed by atoms with Gasteiger partial charge in [-0.15, -0.1) is 0 Å². The number of sulfone groups is 1. The van der Waals surface area contributed by atoms with Crippen molar-refractivity contribution in [3.8, 4) is 73.9 Å². The van der Waals surface area contributed by atoms with E-state index in [2.05, 4.69) is 66.0 Å². The quantitative estimate of drug-likeness (QED) is 0.0410. The number of anilines is 2. The van der Waals surface area contributed by atoms with Crippen LogP contribution in [0, 0.1) is 11.6 Å². The second kappa shape index (κ2) is 43.5. The molecule has 1 radical (unpaired) electrons. The van der Waals surface area contributed by atoms with Crippen LogP contribution in [0.4, 0.5) is 20.4 Å². The van der Waals surface area contributed by atoms with Crippen LogP contribution in [0.15, 0.2) is 259 Å². The highest BCUT2D eigenvalue weighted by molar-refractivity contribution is 9.10. The monoisotopic (exact) mass is 2090 g/mol. The van der Waals surface area contributed by atoms with Gasteiger partial charge in [0.15, 0.2) is 27.2 Å². The minimum absolute atomic E-state index is 0.0253. The maximum atomic E-state index is 13.9. The van der Waals surface area contributed by atoms with Crippen molar-refractivity contribution < 1.29 is 95.0 Å². The van der Waals surface area contributed by atoms with Gasteiger partial charge in [-0.3, -0.25) is 0 Å². The molecular formula is C90H74B2BrCl7F2N11O19S3. The van der Waals surface area contributed by atoms with Gasteiger partial charge in [-0.1, -0.05) is 127 Å². The summed E-state index contributed by atoms with van der Waals surface area (Å²) in [6.45, 7) is 8.07. The zero-order valence-electron chi connectivity index (χ0n) is 72.4. The maximum Gasteiger partial charge on any atom is 0.569 e. The van der Waals surface area contributed by atoms with Gasteiger partial charge in [0.05, 0.1) is 140 Å². The van der Waals surface area contributed by atoms with E-state index >= 15 is 0 Å². The van der Waals surface area contributed by atoms with E-state index < -0.39 is 59.8 Å². The van der Waals surface area contributed by atoms with Gasteiger partial charge in [-0.05, 0) is 188 Å². The van der Waals surface area contributed by atoms with E-state index in [-0.39, 0.29) is 71.9 Å². The second-order valence-electron chi connectivity index (χ2n) is 29.7. The number of halogens is 10. The Morgan fingerprint density at radius 2 is 0.889 bits per heavy atom. The molecule has 0 bridgehead atoms. The number of nitrogens with zero attached hydrogens (tertiary/aromatic N) is 11. The average molecular weight is 2100 g/mol. The lowest BCUT2D eigenvalue weighted by molar-refractivity contribution is 0.00578. The van der Waals surface area contributed by atoms with Gasteiger partial charge >= 0.3 is 14.8 Å². The number of fused-ring (bicyclic) bond motifs is 3. The molecule has 1 fully saturated rings. The summed E-state index contributed by atoms with van der Waals surface area (Å²) in [5.74, 6) is 2.14. The Kier molecular flexibility index (Phi) is 32.5. The van der Waals surface area contributed by atoms with Crippen molar-refractivity contribution in [2.75, 3.05) is 51.3 Å². The zero-order chi connectivity index (χ0) is 97.0. The van der Waals surface area contributed by atoms with Gasteiger partial charge in [0.1, 0.15) is 94.8 Å². The summed E-state index contributed by atoms with van der Waals surface area (Å²) in [7, 11) is -2.65. The normalized spacial score (nSPS) is 12.6. The standard InChI is InChI=1S/C26H20BrClN4O5S.C25H16Cl2FN3O4S.C19H15ClN4O4S.C13H17BCl2O3.C7H6BClFO3/c1-35-17-5-3-16(4-6-17)14-32(25-9-10-37-31-25)38(33,34)18-7-8-19-23(11-18)29-15-30-26(19)20-12-22(28)21(27)13-24(20)36-2;1-34-24-11-18(14-2-5-22(28)21(27)8-14)20(26)10-19(24)25-17-4-3-16(9-23(17)29-13-30-25)36(32,33)12-15-6-7-35-31-15;1-27-14-4-2-13(3-5-14)11-24(18-8-9-28-23-18)29(25,26)15-6-7-16-17(10-15)21-12-22-19(16)20;1-12(2)13(3,4)19-14(18-12)8-6-9(15)10(16)7-11(8)17-5;1-12-6-3-5(10)4(9)2-7(6)13-8-11/h3-13,15H,14H2,1-2H3;2-11,13H,12H2,1H3;2-10,12H,11H2,1H3;6-7H,1-5H3;2-3,11H,1H3. The lowest BCUT2D eigenvalue weighted by Gasteiger charge is -2.32. The van der Waals surface area contributed by atoms with E-state index in [9.17, 15) is 34.0 Å². The number of ether oxygens (including phenoxy) is 6. The molecule has 7 heterocycles. The van der Waals surface area contributed by atoms with Crippen molar-refractivity contribution in [1.29, 1.82) is 0 Å². The van der Waals surface area contributed by atoms with Gasteiger partial charge in [0.25, 0.3) is 20.0 Å². The van der Waals surface area contributed by atoms with Crippen molar-refractivity contribution in [2.24, 2.45) is 0 Å². The Morgan fingerprint density at radius 1 is 0.430 bits per heavy atom. The molecule has 1 saturated heterocycles. The molecular weight excluding hydrogens is 2020 g/mol. The number of benzene rings is 10. The molecule has 0 aliphatic carbocycles. The van der Waals surface area contributed by atoms with Gasteiger partial charge in [0.2, 0.25) is 0 Å². The Labute approximate surface area is 817 Å². The highest BCUT2D eigenvalue weighted by atomic mass is 79.9. The predicted molar refractivity (Wildman–Crippen MR) is 514 cm³/mol. The predicted octanol–water partition coefficient (Wildman–Crippen LogP) is 20.9. The minimum Gasteiger partial charge on any atom is -0.535 e. The number of sulfonamides is 2. The highest BCUT2D eigenvalue weighted by Crippen LogP contribution is 2.45. The van der Waals surface area contributed by atoms with E-state index in [1.807, 2.05) is 27.7 Å². The number of rotatable bonds is 25. The molecule has 0 saturated carbocycles. The minimum atomic E-state index is -4.06. The first kappa shape index (κ1) is 101. The summed E-state index contributed by atoms with van der Waals surface area (Å²) in [5.41, 5.74) is 6.50. The SMILES string of the molecule is COc1cc(-c2ccc(F)c(Cl)c2)c(Cl)cc1-c1ncnc2cc(S(=O)(=O)Cc3ccon3)ccc12.COc1cc(Cl)c(Cl)cc1B1OC(C)(C)C(C)(C)O1.COc1cc(F)c(Cl)cc1O[B]O.COc1ccc(CN(c2ccon2)S(=O)(=O)c2ccc3c(-c4cc(Cl)c(Br)cc4OC)ncnc3c2)cc1.COc1ccc(CN(c2ccon2)S(=O)(=O)c2ccc3c(Cl)ncnc3c2)cc1. The van der Waals surface area contributed by atoms with E-state index in [1.165, 1.54) is 133 Å². The van der Waals surface area contributed by atoms with Crippen molar-refractivity contribution in [2.45, 2.75) is 72.4 Å². The first-order valence-electron chi connectivity index (χ1n) is 39.5. The largest absolute Gasteiger partial charge is 0.569 e. The Morgan fingerprint density at radius 3 is 1.38 bits per heavy atom. The number of aromatic nitrogens is 9. The molecule has 0 unspecified atom stereocenters. The third kappa shape index (κ3) is 23.2. The molecule has 0 spiro atoms. The van der Waals surface area contributed by atoms with Crippen molar-refractivity contribution in [1.82, 2.24) is 45.4 Å². The topological polar surface area (TPSA) is 368 Å². The molecule has 697 valence electrons. The molecule has 10 aromatic carbocycles. The number of methoxy groups -OCH3 is 6. The highest BCUT2D eigenvalue weighted by Gasteiger charge is 2.53. The summed E-state index contributed by atoms with van der Waals surface area (Å²) in [4.78, 5) is 25.7. The Hall–Kier alpha value is -11.7. The lowest BCUT2D eigenvalue weighted by Crippen LogP contribution is -2.41. The van der Waals surface area contributed by atoms with Crippen LogP contribution in [0.25, 0.3) is 66.4 Å². The fourth-order valence-electron chi connectivity index (χ4n) is 13.3. The molecule has 45 heteroatoms.